The molecule has 1 aromatic rings. The summed E-state index contributed by atoms with van der Waals surface area (Å²) in [6.45, 7) is 12.0. The maximum absolute atomic E-state index is 13.4. The molecule has 2 aliphatic heterocycles. The summed E-state index contributed by atoms with van der Waals surface area (Å²) in [5, 5.41) is 24.7. The van der Waals surface area contributed by atoms with Crippen molar-refractivity contribution < 1.29 is 29.3 Å². The molecule has 8 nitrogen and oxygen atoms in total. The van der Waals surface area contributed by atoms with Crippen LogP contribution in [0.4, 0.5) is 0 Å². The van der Waals surface area contributed by atoms with Gasteiger partial charge in [-0.25, -0.2) is 4.98 Å². The second-order valence-corrected chi connectivity index (χ2v) is 12.4. The van der Waals surface area contributed by atoms with Gasteiger partial charge in [0.2, 0.25) is 5.91 Å². The minimum absolute atomic E-state index is 0.229. The van der Waals surface area contributed by atoms with Crippen LogP contribution in [0.25, 0.3) is 6.08 Å². The summed E-state index contributed by atoms with van der Waals surface area (Å²) in [6.07, 6.45) is 2.58. The molecule has 1 saturated heterocycles. The standard InChI is InChI=1S/C28H40N2O6S/c1-15(11-19-14-37-18(4)29-19)20-12-23-28(7,36-23)10-9-21(31)16(2)25(34)17(3)26(35)27(5,6)22(32)13-24(33)30(20)8/h9-11,14,16-17,20,22-23,25,32,34H,12-13H2,1-8H3. The van der Waals surface area contributed by atoms with E-state index < -0.39 is 40.8 Å². The highest BCUT2D eigenvalue weighted by Crippen LogP contribution is 2.42. The Bertz CT molecular complexity index is 1110. The van der Waals surface area contributed by atoms with Crippen LogP contribution in [0.2, 0.25) is 0 Å². The Labute approximate surface area is 223 Å². The number of amides is 1. The average molecular weight is 533 g/mol. The van der Waals surface area contributed by atoms with Crippen LogP contribution in [0, 0.1) is 24.2 Å². The number of aliphatic hydroxyl groups excluding tert-OH is 2. The number of ketones is 2. The van der Waals surface area contributed by atoms with Gasteiger partial charge in [0, 0.05) is 30.7 Å². The number of carbonyl (C=O) groups is 3. The molecule has 1 fully saturated rings. The van der Waals surface area contributed by atoms with Crippen molar-refractivity contribution in [1.29, 1.82) is 0 Å². The lowest BCUT2D eigenvalue weighted by molar-refractivity contribution is -0.145. The first-order valence-electron chi connectivity index (χ1n) is 12.8. The third kappa shape index (κ3) is 6.28. The van der Waals surface area contributed by atoms with Crippen LogP contribution < -0.4 is 0 Å². The zero-order valence-electron chi connectivity index (χ0n) is 23.0. The number of thiazole rings is 1. The number of hydrogen-bond acceptors (Lipinski definition) is 8. The Morgan fingerprint density at radius 1 is 1.19 bits per heavy atom. The van der Waals surface area contributed by atoms with Crippen LogP contribution >= 0.6 is 11.3 Å². The minimum Gasteiger partial charge on any atom is -0.392 e. The van der Waals surface area contributed by atoms with Crippen molar-refractivity contribution in [2.45, 2.75) is 91.3 Å². The van der Waals surface area contributed by atoms with E-state index >= 15 is 0 Å². The molecule has 0 saturated carbocycles. The molecule has 7 atom stereocenters. The van der Waals surface area contributed by atoms with Gasteiger partial charge in [-0.1, -0.05) is 27.7 Å². The zero-order chi connectivity index (χ0) is 27.9. The molecule has 37 heavy (non-hydrogen) atoms. The fourth-order valence-corrected chi connectivity index (χ4v) is 5.54. The van der Waals surface area contributed by atoms with Crippen molar-refractivity contribution in [3.8, 4) is 0 Å². The molecule has 3 heterocycles. The van der Waals surface area contributed by atoms with Crippen molar-refractivity contribution in [1.82, 2.24) is 9.88 Å². The number of epoxide rings is 1. The lowest BCUT2D eigenvalue weighted by atomic mass is 9.73. The molecule has 204 valence electrons. The lowest BCUT2D eigenvalue weighted by Crippen LogP contribution is -2.48. The average Bonchev–Trinajstić information content (AvgIpc) is 3.30. The van der Waals surface area contributed by atoms with Crippen LogP contribution in [-0.4, -0.2) is 74.6 Å². The Balaban J connectivity index is 1.99. The van der Waals surface area contributed by atoms with E-state index in [9.17, 15) is 24.6 Å². The minimum atomic E-state index is -1.30. The van der Waals surface area contributed by atoms with Crippen molar-refractivity contribution in [3.63, 3.8) is 0 Å². The van der Waals surface area contributed by atoms with Gasteiger partial charge >= 0.3 is 0 Å². The monoisotopic (exact) mass is 532 g/mol. The number of Topliss-reactive ketones (excluding diaryl/α,β-unsaturated/α-hetero) is 1. The highest BCUT2D eigenvalue weighted by molar-refractivity contribution is 7.09. The van der Waals surface area contributed by atoms with Gasteiger partial charge in [0.05, 0.1) is 46.9 Å². The Kier molecular flexibility index (Phi) is 8.64. The van der Waals surface area contributed by atoms with E-state index in [1.807, 2.05) is 32.2 Å². The first kappa shape index (κ1) is 29.4. The molecular weight excluding hydrogens is 492 g/mol. The molecule has 3 rings (SSSR count). The number of aryl methyl sites for hydroxylation is 1. The number of nitrogens with zero attached hydrogens (tertiary/aromatic N) is 2. The summed E-state index contributed by atoms with van der Waals surface area (Å²) in [6, 6.07) is -0.343. The number of likely N-dealkylation sites (N-methyl/N-ethyl adjacent to an activating group) is 1. The number of aromatic nitrogens is 1. The predicted octanol–water partition coefficient (Wildman–Crippen LogP) is 3.35. The summed E-state index contributed by atoms with van der Waals surface area (Å²) >= 11 is 1.55. The number of ether oxygens (including phenoxy) is 1. The molecule has 1 aromatic heterocycles. The summed E-state index contributed by atoms with van der Waals surface area (Å²) in [4.78, 5) is 45.6. The molecule has 7 unspecified atom stereocenters. The number of carbonyl (C=O) groups excluding carboxylic acids is 3. The molecule has 1 amide bonds. The largest absolute Gasteiger partial charge is 0.392 e. The summed E-state index contributed by atoms with van der Waals surface area (Å²) in [7, 11) is 1.69. The predicted molar refractivity (Wildman–Crippen MR) is 143 cm³/mol. The topological polar surface area (TPSA) is 120 Å². The highest BCUT2D eigenvalue weighted by Gasteiger charge is 2.52. The number of hydrogen-bond donors (Lipinski definition) is 2. The highest BCUT2D eigenvalue weighted by atomic mass is 32.1. The SMILES string of the molecule is CC(=Cc1csc(C)n1)C1CC2OC2(C)C=CC(=O)C(C)C(O)C(C)C(=O)C(C)(C)C(O)CC(=O)N1C. The molecule has 0 aliphatic carbocycles. The van der Waals surface area contributed by atoms with Crippen LogP contribution in [0.15, 0.2) is 23.1 Å². The molecule has 0 bridgehead atoms. The van der Waals surface area contributed by atoms with Crippen LogP contribution in [0.3, 0.4) is 0 Å². The normalized spacial score (nSPS) is 36.0. The zero-order valence-corrected chi connectivity index (χ0v) is 23.8. The van der Waals surface area contributed by atoms with E-state index in [0.29, 0.717) is 6.42 Å². The molecule has 0 aromatic carbocycles. The van der Waals surface area contributed by atoms with Gasteiger partial charge < -0.3 is 19.8 Å². The first-order chi connectivity index (χ1) is 17.1. The van der Waals surface area contributed by atoms with Gasteiger partial charge in [-0.05, 0) is 44.6 Å². The van der Waals surface area contributed by atoms with Crippen LogP contribution in [0.5, 0.6) is 0 Å². The Hall–Kier alpha value is -2.20. The molecule has 0 spiro atoms. The first-order valence-corrected chi connectivity index (χ1v) is 13.6. The van der Waals surface area contributed by atoms with Crippen molar-refractivity contribution in [2.75, 3.05) is 7.05 Å². The summed E-state index contributed by atoms with van der Waals surface area (Å²) in [5.41, 5.74) is -0.259. The van der Waals surface area contributed by atoms with Crippen molar-refractivity contribution >= 4 is 34.9 Å². The fourth-order valence-electron chi connectivity index (χ4n) is 4.97. The Morgan fingerprint density at radius 3 is 2.43 bits per heavy atom. The van der Waals surface area contributed by atoms with Crippen molar-refractivity contribution in [3.05, 3.63) is 33.8 Å². The number of fused-ring (bicyclic) bond motifs is 1. The van der Waals surface area contributed by atoms with Crippen LogP contribution in [-0.2, 0) is 19.1 Å². The lowest BCUT2D eigenvalue weighted by Gasteiger charge is -2.35. The second-order valence-electron chi connectivity index (χ2n) is 11.3. The van der Waals surface area contributed by atoms with Gasteiger partial charge in [0.1, 0.15) is 11.4 Å². The molecular formula is C28H40N2O6S. The molecule has 2 N–H and O–H groups in total. The van der Waals surface area contributed by atoms with Crippen LogP contribution in [0.1, 0.15) is 65.1 Å². The summed E-state index contributed by atoms with van der Waals surface area (Å²) < 4.78 is 5.97. The van der Waals surface area contributed by atoms with E-state index in [2.05, 4.69) is 4.98 Å². The van der Waals surface area contributed by atoms with Crippen molar-refractivity contribution in [2.24, 2.45) is 17.3 Å². The van der Waals surface area contributed by atoms with Gasteiger partial charge in [-0.3, -0.25) is 14.4 Å². The fraction of sp³-hybridized carbons (Fsp3) is 0.643. The third-order valence-electron chi connectivity index (χ3n) is 8.12. The molecule has 2 aliphatic rings. The van der Waals surface area contributed by atoms with E-state index in [-0.39, 0.29) is 30.3 Å². The second kappa shape index (κ2) is 10.9. The number of allylic oxidation sites excluding steroid dienone is 1. The maximum atomic E-state index is 13.4. The van der Waals surface area contributed by atoms with E-state index in [0.717, 1.165) is 16.3 Å². The van der Waals surface area contributed by atoms with E-state index in [1.165, 1.54) is 6.08 Å². The number of rotatable bonds is 2. The van der Waals surface area contributed by atoms with E-state index in [4.69, 9.17) is 4.74 Å². The molecule has 9 heteroatoms. The Morgan fingerprint density at radius 2 is 1.84 bits per heavy atom. The maximum Gasteiger partial charge on any atom is 0.225 e. The third-order valence-corrected chi connectivity index (χ3v) is 8.91. The molecule has 0 radical (unpaired) electrons. The van der Waals surface area contributed by atoms with Gasteiger partial charge in [-0.2, -0.15) is 0 Å². The quantitative estimate of drug-likeness (QED) is 0.561. The smallest absolute Gasteiger partial charge is 0.225 e. The van der Waals surface area contributed by atoms with Gasteiger partial charge in [0.15, 0.2) is 5.78 Å². The van der Waals surface area contributed by atoms with Gasteiger partial charge in [-0.15, -0.1) is 11.3 Å². The van der Waals surface area contributed by atoms with Gasteiger partial charge in [0.25, 0.3) is 0 Å². The van der Waals surface area contributed by atoms with E-state index in [1.54, 1.807) is 57.1 Å². The number of aliphatic hydroxyl groups is 2. The summed E-state index contributed by atoms with van der Waals surface area (Å²) in [5.74, 6) is -2.72.